The molecule has 0 unspecified atom stereocenters. The number of piperidine rings is 1. The third-order valence-corrected chi connectivity index (χ3v) is 5.33. The van der Waals surface area contributed by atoms with Crippen LogP contribution < -0.4 is 10.1 Å². The van der Waals surface area contributed by atoms with Crippen LogP contribution in [0.1, 0.15) is 62.9 Å². The number of nitrogens with zero attached hydrogens (tertiary/aromatic N) is 1. The van der Waals surface area contributed by atoms with Crippen LogP contribution >= 0.6 is 11.6 Å². The second-order valence-corrected chi connectivity index (χ2v) is 9.48. The third kappa shape index (κ3) is 5.79. The van der Waals surface area contributed by atoms with Crippen LogP contribution in [0.15, 0.2) is 42.6 Å². The molecule has 0 aliphatic carbocycles. The Balaban J connectivity index is 1.57. The van der Waals surface area contributed by atoms with Gasteiger partial charge in [0.2, 0.25) is 0 Å². The van der Waals surface area contributed by atoms with E-state index in [1.807, 2.05) is 24.3 Å². The van der Waals surface area contributed by atoms with Gasteiger partial charge in [-0.25, -0.2) is 4.98 Å². The lowest BCUT2D eigenvalue weighted by atomic mass is 9.74. The lowest BCUT2D eigenvalue weighted by Crippen LogP contribution is -2.57. The molecule has 28 heavy (non-hydrogen) atoms. The number of rotatable bonds is 6. The topological polar surface area (TPSA) is 51.2 Å². The zero-order valence-corrected chi connectivity index (χ0v) is 17.8. The Morgan fingerprint density at radius 1 is 1.14 bits per heavy atom. The van der Waals surface area contributed by atoms with E-state index in [2.05, 4.69) is 38.0 Å². The summed E-state index contributed by atoms with van der Waals surface area (Å²) in [5.41, 5.74) is 1.89. The minimum absolute atomic E-state index is 0.0593. The van der Waals surface area contributed by atoms with E-state index < -0.39 is 0 Å². The number of nitrogens with one attached hydrogen (secondary N) is 1. The average molecular weight is 401 g/mol. The first-order valence-corrected chi connectivity index (χ1v) is 10.2. The number of hydrogen-bond donors (Lipinski definition) is 1. The van der Waals surface area contributed by atoms with Gasteiger partial charge in [0, 0.05) is 35.3 Å². The molecule has 0 saturated carbocycles. The van der Waals surface area contributed by atoms with Gasteiger partial charge in [-0.2, -0.15) is 0 Å². The Hall–Kier alpha value is -1.91. The predicted molar refractivity (Wildman–Crippen MR) is 113 cm³/mol. The molecular weight excluding hydrogens is 372 g/mol. The molecule has 1 aliphatic heterocycles. The molecule has 0 bridgehead atoms. The Bertz CT molecular complexity index is 815. The fourth-order valence-corrected chi connectivity index (χ4v) is 4.65. The molecule has 3 rings (SSSR count). The van der Waals surface area contributed by atoms with E-state index in [-0.39, 0.29) is 16.9 Å². The van der Waals surface area contributed by atoms with E-state index in [1.165, 1.54) is 0 Å². The number of halogens is 1. The van der Waals surface area contributed by atoms with Gasteiger partial charge in [-0.1, -0.05) is 35.9 Å². The number of Topliss-reactive ketones (excluding diaryl/α,β-unsaturated/α-hetero) is 1. The molecule has 1 fully saturated rings. The molecule has 2 heterocycles. The van der Waals surface area contributed by atoms with Crippen LogP contribution in [0, 0.1) is 5.92 Å². The molecule has 0 radical (unpaired) electrons. The minimum Gasteiger partial charge on any atom is -0.489 e. The SMILES string of the molecule is CC1(C)CC(CC(=O)c2ccc(COc3ccnc(Cl)c3)cc2)CC(C)(C)N1. The second-order valence-electron chi connectivity index (χ2n) is 9.09. The summed E-state index contributed by atoms with van der Waals surface area (Å²) in [6.07, 6.45) is 4.24. The van der Waals surface area contributed by atoms with Crippen molar-refractivity contribution in [3.63, 3.8) is 0 Å². The highest BCUT2D eigenvalue weighted by Crippen LogP contribution is 2.35. The van der Waals surface area contributed by atoms with Crippen molar-refractivity contribution in [3.05, 3.63) is 58.9 Å². The molecular formula is C23H29ClN2O2. The zero-order chi connectivity index (χ0) is 20.4. The highest BCUT2D eigenvalue weighted by Gasteiger charge is 2.38. The van der Waals surface area contributed by atoms with Gasteiger partial charge in [-0.15, -0.1) is 0 Å². The summed E-state index contributed by atoms with van der Waals surface area (Å²) in [5.74, 6) is 1.29. The standard InChI is InChI=1S/C23H29ClN2O2/c1-22(2)13-17(14-23(3,4)26-22)11-20(27)18-7-5-16(6-8-18)15-28-19-9-10-25-21(24)12-19/h5-10,12,17,26H,11,13-15H2,1-4H3. The van der Waals surface area contributed by atoms with Crippen LogP contribution in [0.25, 0.3) is 0 Å². The monoisotopic (exact) mass is 400 g/mol. The highest BCUT2D eigenvalue weighted by molar-refractivity contribution is 6.29. The second kappa shape index (κ2) is 8.22. The van der Waals surface area contributed by atoms with Gasteiger partial charge in [0.05, 0.1) is 0 Å². The van der Waals surface area contributed by atoms with Crippen molar-refractivity contribution in [2.75, 3.05) is 0 Å². The van der Waals surface area contributed by atoms with Crippen molar-refractivity contribution in [1.29, 1.82) is 0 Å². The van der Waals surface area contributed by atoms with E-state index >= 15 is 0 Å². The van der Waals surface area contributed by atoms with Gasteiger partial charge in [-0.05, 0) is 58.1 Å². The summed E-state index contributed by atoms with van der Waals surface area (Å²) in [5, 5.41) is 4.08. The van der Waals surface area contributed by atoms with Crippen molar-refractivity contribution in [2.24, 2.45) is 5.92 Å². The highest BCUT2D eigenvalue weighted by atomic mass is 35.5. The summed E-state index contributed by atoms with van der Waals surface area (Å²) >= 11 is 5.86. The number of carbonyl (C=O) groups is 1. The molecule has 1 aromatic carbocycles. The summed E-state index contributed by atoms with van der Waals surface area (Å²) in [4.78, 5) is 16.7. The molecule has 5 heteroatoms. The largest absolute Gasteiger partial charge is 0.489 e. The lowest BCUT2D eigenvalue weighted by molar-refractivity contribution is 0.0864. The fourth-order valence-electron chi connectivity index (χ4n) is 4.49. The van der Waals surface area contributed by atoms with Gasteiger partial charge < -0.3 is 10.1 Å². The first-order valence-electron chi connectivity index (χ1n) is 9.78. The Kier molecular flexibility index (Phi) is 6.11. The van der Waals surface area contributed by atoms with E-state index in [0.29, 0.717) is 29.8 Å². The molecule has 150 valence electrons. The Morgan fingerprint density at radius 2 is 1.79 bits per heavy atom. The first-order chi connectivity index (χ1) is 13.1. The molecule has 1 aliphatic rings. The van der Waals surface area contributed by atoms with E-state index in [4.69, 9.17) is 16.3 Å². The minimum atomic E-state index is 0.0593. The van der Waals surface area contributed by atoms with E-state index in [0.717, 1.165) is 24.0 Å². The molecule has 4 nitrogen and oxygen atoms in total. The van der Waals surface area contributed by atoms with Crippen LogP contribution in [0.5, 0.6) is 5.75 Å². The molecule has 1 saturated heterocycles. The average Bonchev–Trinajstić information content (AvgIpc) is 2.57. The van der Waals surface area contributed by atoms with Crippen LogP contribution in [-0.2, 0) is 6.61 Å². The van der Waals surface area contributed by atoms with Gasteiger partial charge in [0.1, 0.15) is 17.5 Å². The van der Waals surface area contributed by atoms with Crippen LogP contribution in [0.2, 0.25) is 5.15 Å². The van der Waals surface area contributed by atoms with E-state index in [1.54, 1.807) is 18.3 Å². The molecule has 1 aromatic heterocycles. The van der Waals surface area contributed by atoms with Gasteiger partial charge >= 0.3 is 0 Å². The zero-order valence-electron chi connectivity index (χ0n) is 17.1. The van der Waals surface area contributed by atoms with Gasteiger partial charge in [0.15, 0.2) is 5.78 Å². The number of benzene rings is 1. The molecule has 2 aromatic rings. The Labute approximate surface area is 172 Å². The van der Waals surface area contributed by atoms with Gasteiger partial charge in [0.25, 0.3) is 0 Å². The summed E-state index contributed by atoms with van der Waals surface area (Å²) in [7, 11) is 0. The van der Waals surface area contributed by atoms with Crippen molar-refractivity contribution in [1.82, 2.24) is 10.3 Å². The van der Waals surface area contributed by atoms with Crippen LogP contribution in [-0.4, -0.2) is 21.8 Å². The quantitative estimate of drug-likeness (QED) is 0.517. The molecule has 0 amide bonds. The number of carbonyl (C=O) groups excluding carboxylic acids is 1. The number of ketones is 1. The molecule has 0 spiro atoms. The maximum absolute atomic E-state index is 12.8. The maximum Gasteiger partial charge on any atom is 0.163 e. The van der Waals surface area contributed by atoms with Crippen molar-refractivity contribution in [2.45, 2.75) is 64.6 Å². The van der Waals surface area contributed by atoms with Crippen molar-refractivity contribution < 1.29 is 9.53 Å². The number of aromatic nitrogens is 1. The normalized spacial score (nSPS) is 18.6. The third-order valence-electron chi connectivity index (χ3n) is 5.13. The molecule has 1 N–H and O–H groups in total. The Morgan fingerprint density at radius 3 is 2.39 bits per heavy atom. The summed E-state index contributed by atoms with van der Waals surface area (Å²) in [6, 6.07) is 11.2. The number of ether oxygens (including phenoxy) is 1. The smallest absolute Gasteiger partial charge is 0.163 e. The van der Waals surface area contributed by atoms with Crippen molar-refractivity contribution in [3.8, 4) is 5.75 Å². The number of hydrogen-bond acceptors (Lipinski definition) is 4. The maximum atomic E-state index is 12.8. The summed E-state index contributed by atoms with van der Waals surface area (Å²) in [6.45, 7) is 9.30. The lowest BCUT2D eigenvalue weighted by Gasteiger charge is -2.46. The predicted octanol–water partition coefficient (Wildman–Crippen LogP) is 5.44. The fraction of sp³-hybridized carbons (Fsp3) is 0.478. The van der Waals surface area contributed by atoms with Gasteiger partial charge in [-0.3, -0.25) is 4.79 Å². The first kappa shape index (κ1) is 20.8. The van der Waals surface area contributed by atoms with Crippen LogP contribution in [0.3, 0.4) is 0 Å². The van der Waals surface area contributed by atoms with E-state index in [9.17, 15) is 4.79 Å². The van der Waals surface area contributed by atoms with Crippen molar-refractivity contribution >= 4 is 17.4 Å². The summed E-state index contributed by atoms with van der Waals surface area (Å²) < 4.78 is 5.72. The van der Waals surface area contributed by atoms with Crippen LogP contribution in [0.4, 0.5) is 0 Å². The molecule has 0 atom stereocenters. The number of pyridine rings is 1.